The van der Waals surface area contributed by atoms with Crippen LogP contribution in [0.15, 0.2) is 28.9 Å². The van der Waals surface area contributed by atoms with Crippen LogP contribution in [0, 0.1) is 0 Å². The number of nitrogen functional groups attached to an aromatic ring is 1. The Hall–Kier alpha value is -0.710. The second kappa shape index (κ2) is 4.65. The van der Waals surface area contributed by atoms with Crippen molar-refractivity contribution in [2.24, 2.45) is 0 Å². The molecule has 1 aromatic heterocycles. The van der Waals surface area contributed by atoms with E-state index in [1.165, 1.54) is 0 Å². The summed E-state index contributed by atoms with van der Waals surface area (Å²) in [6.45, 7) is 0.521. The van der Waals surface area contributed by atoms with Gasteiger partial charge in [0, 0.05) is 10.0 Å². The van der Waals surface area contributed by atoms with Crippen LogP contribution in [0.4, 0.5) is 5.82 Å². The average Bonchev–Trinajstić information content (AvgIpc) is 2.54. The first-order valence-electron chi connectivity index (χ1n) is 4.48. The maximum atomic E-state index is 6.06. The summed E-state index contributed by atoms with van der Waals surface area (Å²) in [6.07, 6.45) is 1.65. The van der Waals surface area contributed by atoms with Crippen LogP contribution in [0.3, 0.4) is 0 Å². The quantitative estimate of drug-likeness (QED) is 0.919. The van der Waals surface area contributed by atoms with E-state index in [1.807, 2.05) is 6.07 Å². The lowest BCUT2D eigenvalue weighted by molar-refractivity contribution is 0.697. The van der Waals surface area contributed by atoms with Crippen molar-refractivity contribution in [1.82, 2.24) is 9.78 Å². The number of aromatic nitrogens is 2. The van der Waals surface area contributed by atoms with Gasteiger partial charge in [-0.1, -0.05) is 29.3 Å². The maximum Gasteiger partial charge on any atom is 0.136 e. The summed E-state index contributed by atoms with van der Waals surface area (Å²) in [5, 5.41) is 5.35. The Labute approximate surface area is 111 Å². The molecule has 2 N–H and O–H groups in total. The van der Waals surface area contributed by atoms with E-state index in [4.69, 9.17) is 28.9 Å². The SMILES string of the molecule is Nc1c(Br)cnn1Cc1ccc(Cl)cc1Cl. The molecule has 0 unspecified atom stereocenters. The fourth-order valence-corrected chi connectivity index (χ4v) is 2.07. The number of benzene rings is 1. The molecule has 0 amide bonds. The predicted molar refractivity (Wildman–Crippen MR) is 69.9 cm³/mol. The summed E-state index contributed by atoms with van der Waals surface area (Å²) >= 11 is 15.2. The molecule has 1 aromatic carbocycles. The fraction of sp³-hybridized carbons (Fsp3) is 0.100. The van der Waals surface area contributed by atoms with Crippen LogP contribution in [0.5, 0.6) is 0 Å². The van der Waals surface area contributed by atoms with E-state index in [9.17, 15) is 0 Å². The zero-order valence-corrected chi connectivity index (χ0v) is 11.2. The van der Waals surface area contributed by atoms with Gasteiger partial charge in [-0.15, -0.1) is 0 Å². The molecule has 0 saturated carbocycles. The van der Waals surface area contributed by atoms with E-state index in [1.54, 1.807) is 23.0 Å². The van der Waals surface area contributed by atoms with Gasteiger partial charge in [0.2, 0.25) is 0 Å². The Morgan fingerprint density at radius 1 is 1.38 bits per heavy atom. The molecule has 0 atom stereocenters. The van der Waals surface area contributed by atoms with Crippen molar-refractivity contribution in [3.8, 4) is 0 Å². The highest BCUT2D eigenvalue weighted by Crippen LogP contribution is 2.24. The topological polar surface area (TPSA) is 43.8 Å². The molecule has 2 rings (SSSR count). The number of hydrogen-bond acceptors (Lipinski definition) is 2. The molecule has 0 saturated heterocycles. The van der Waals surface area contributed by atoms with E-state index in [-0.39, 0.29) is 0 Å². The van der Waals surface area contributed by atoms with Crippen LogP contribution in [-0.4, -0.2) is 9.78 Å². The molecule has 1 heterocycles. The molecule has 16 heavy (non-hydrogen) atoms. The van der Waals surface area contributed by atoms with E-state index in [0.717, 1.165) is 10.0 Å². The van der Waals surface area contributed by atoms with Gasteiger partial charge in [-0.05, 0) is 33.6 Å². The summed E-state index contributed by atoms with van der Waals surface area (Å²) in [6, 6.07) is 5.35. The molecule has 0 fully saturated rings. The van der Waals surface area contributed by atoms with Crippen LogP contribution in [-0.2, 0) is 6.54 Å². The number of hydrogen-bond donors (Lipinski definition) is 1. The van der Waals surface area contributed by atoms with Gasteiger partial charge >= 0.3 is 0 Å². The third-order valence-corrected chi connectivity index (χ3v) is 3.37. The van der Waals surface area contributed by atoms with E-state index in [0.29, 0.717) is 22.4 Å². The smallest absolute Gasteiger partial charge is 0.136 e. The van der Waals surface area contributed by atoms with Crippen LogP contribution < -0.4 is 5.73 Å². The minimum atomic E-state index is 0.521. The average molecular weight is 321 g/mol. The summed E-state index contributed by atoms with van der Waals surface area (Å²) in [4.78, 5) is 0. The molecule has 0 aliphatic carbocycles. The lowest BCUT2D eigenvalue weighted by Crippen LogP contribution is -2.06. The Morgan fingerprint density at radius 3 is 2.69 bits per heavy atom. The van der Waals surface area contributed by atoms with Crippen LogP contribution in [0.25, 0.3) is 0 Å². The van der Waals surface area contributed by atoms with Gasteiger partial charge in [-0.3, -0.25) is 0 Å². The summed E-state index contributed by atoms with van der Waals surface area (Å²) in [7, 11) is 0. The van der Waals surface area contributed by atoms with Crippen molar-refractivity contribution in [2.45, 2.75) is 6.54 Å². The number of rotatable bonds is 2. The number of halogens is 3. The molecular weight excluding hydrogens is 313 g/mol. The number of anilines is 1. The first kappa shape index (κ1) is 11.8. The molecule has 3 nitrogen and oxygen atoms in total. The molecular formula is C10H8BrCl2N3. The Morgan fingerprint density at radius 2 is 2.12 bits per heavy atom. The van der Waals surface area contributed by atoms with Gasteiger partial charge in [-0.25, -0.2) is 4.68 Å². The van der Waals surface area contributed by atoms with Crippen LogP contribution >= 0.6 is 39.1 Å². The summed E-state index contributed by atoms with van der Waals surface area (Å²) in [5.74, 6) is 0.575. The third-order valence-electron chi connectivity index (χ3n) is 2.17. The molecule has 0 bridgehead atoms. The van der Waals surface area contributed by atoms with Gasteiger partial charge in [0.05, 0.1) is 17.2 Å². The fourth-order valence-electron chi connectivity index (χ4n) is 1.31. The molecule has 6 heteroatoms. The van der Waals surface area contributed by atoms with E-state index < -0.39 is 0 Å². The second-order valence-electron chi connectivity index (χ2n) is 3.27. The Kier molecular flexibility index (Phi) is 3.42. The Bertz CT molecular complexity index is 525. The van der Waals surface area contributed by atoms with Gasteiger partial charge in [-0.2, -0.15) is 5.10 Å². The predicted octanol–water partition coefficient (Wildman–Crippen LogP) is 3.58. The standard InChI is InChI=1S/C10H8BrCl2N3/c11-8-4-15-16(10(8)14)5-6-1-2-7(12)3-9(6)13/h1-4H,5,14H2. The zero-order chi connectivity index (χ0) is 11.7. The second-order valence-corrected chi connectivity index (χ2v) is 4.97. The van der Waals surface area contributed by atoms with Crippen molar-refractivity contribution < 1.29 is 0 Å². The summed E-state index contributed by atoms with van der Waals surface area (Å²) in [5.41, 5.74) is 6.74. The van der Waals surface area contributed by atoms with Gasteiger partial charge in [0.15, 0.2) is 0 Å². The highest BCUT2D eigenvalue weighted by atomic mass is 79.9. The largest absolute Gasteiger partial charge is 0.383 e. The van der Waals surface area contributed by atoms with Gasteiger partial charge in [0.25, 0.3) is 0 Å². The van der Waals surface area contributed by atoms with Gasteiger partial charge < -0.3 is 5.73 Å². The van der Waals surface area contributed by atoms with Crippen molar-refractivity contribution >= 4 is 44.9 Å². The Balaban J connectivity index is 2.30. The van der Waals surface area contributed by atoms with Crippen molar-refractivity contribution in [1.29, 1.82) is 0 Å². The zero-order valence-electron chi connectivity index (χ0n) is 8.12. The van der Waals surface area contributed by atoms with Crippen molar-refractivity contribution in [3.05, 3.63) is 44.5 Å². The van der Waals surface area contributed by atoms with Gasteiger partial charge in [0.1, 0.15) is 5.82 Å². The van der Waals surface area contributed by atoms with E-state index in [2.05, 4.69) is 21.0 Å². The monoisotopic (exact) mass is 319 g/mol. The molecule has 0 aliphatic rings. The lowest BCUT2D eigenvalue weighted by Gasteiger charge is -2.06. The van der Waals surface area contributed by atoms with Crippen LogP contribution in [0.2, 0.25) is 10.0 Å². The van der Waals surface area contributed by atoms with Crippen molar-refractivity contribution in [3.63, 3.8) is 0 Å². The molecule has 2 aromatic rings. The third kappa shape index (κ3) is 2.34. The van der Waals surface area contributed by atoms with Crippen LogP contribution in [0.1, 0.15) is 5.56 Å². The minimum absolute atomic E-state index is 0.521. The normalized spacial score (nSPS) is 10.7. The molecule has 0 radical (unpaired) electrons. The minimum Gasteiger partial charge on any atom is -0.383 e. The number of nitrogens with two attached hydrogens (primary N) is 1. The first-order chi connectivity index (χ1) is 7.58. The molecule has 0 spiro atoms. The van der Waals surface area contributed by atoms with Crippen molar-refractivity contribution in [2.75, 3.05) is 5.73 Å². The highest BCUT2D eigenvalue weighted by molar-refractivity contribution is 9.10. The highest BCUT2D eigenvalue weighted by Gasteiger charge is 2.07. The maximum absolute atomic E-state index is 6.06. The van der Waals surface area contributed by atoms with E-state index >= 15 is 0 Å². The molecule has 84 valence electrons. The summed E-state index contributed by atoms with van der Waals surface area (Å²) < 4.78 is 2.44. The molecule has 0 aliphatic heterocycles. The first-order valence-corrected chi connectivity index (χ1v) is 6.03. The number of nitrogens with zero attached hydrogens (tertiary/aromatic N) is 2. The lowest BCUT2D eigenvalue weighted by atomic mass is 10.2.